The van der Waals surface area contributed by atoms with E-state index in [-0.39, 0.29) is 0 Å². The molecule has 127 heavy (non-hydrogen) atoms. The molecular formula is C30H53O79S18-. The lowest BCUT2D eigenvalue weighted by atomic mass is 9.98. The number of ether oxygens (including phenoxy) is 8. The molecule has 0 radical (unpaired) electrons. The van der Waals surface area contributed by atoms with Crippen LogP contribution in [0.5, 0.6) is 0 Å². The maximum absolute atomic E-state index is 12.8. The lowest BCUT2D eigenvalue weighted by Crippen LogP contribution is -2.65. The van der Waals surface area contributed by atoms with Gasteiger partial charge in [0.05, 0.1) is 51.0 Å². The van der Waals surface area contributed by atoms with E-state index in [0.717, 1.165) is 0 Å². The van der Waals surface area contributed by atoms with E-state index in [0.29, 0.717) is 0 Å². The SMILES string of the molecule is O=S([O-])O[C@@H]([C@H](OS(=O)(=O)O)[C@@H](CO[C@@H]1O[C@H](CO[C@@H]2O[C@H](COS(=O)(=O)O)[C@@H](OS(=O)(=O)O)[C@H](OS(=O)(=O)O)[C@H]2OS(=O)(=O)O)[C@@H](OS(=O)(=O)O)[C@H](OS(=O)(=O)O)[C@H]1OS(=O)(=O)O)OS(=O)(=O)O)[C@@H](CO[C@@H]1O[C@H](CO[C@@H]2O[C@H](COS(=O)(=O)O)[C@@H](OS(=O)(=O)O)[C@H](OS(=O)(=O)O)[C@H]2OS(=O)(=O)O)[C@@H](OS(=O)(=O)O)[C@H](OS(=O)(=O)O)[C@H]1OS(=O)(=O)O)OS(=O)(=O)O. The van der Waals surface area contributed by atoms with Gasteiger partial charge in [0.1, 0.15) is 97.7 Å². The van der Waals surface area contributed by atoms with Gasteiger partial charge < -0.3 is 42.4 Å². The van der Waals surface area contributed by atoms with Crippen molar-refractivity contribution in [3.8, 4) is 0 Å². The van der Waals surface area contributed by atoms with Gasteiger partial charge in [0, 0.05) is 0 Å². The summed E-state index contributed by atoms with van der Waals surface area (Å²) in [4.78, 5) is 0. The molecular weight excluding hydrogens is 2200 g/mol. The molecule has 0 aromatic carbocycles. The van der Waals surface area contributed by atoms with Crippen LogP contribution in [-0.2, 0) is 301 Å². The molecule has 97 heteroatoms. The summed E-state index contributed by atoms with van der Waals surface area (Å²) >= 11 is -4.93. The van der Waals surface area contributed by atoms with E-state index in [9.17, 15) is 229 Å². The molecule has 1 unspecified atom stereocenters. The Labute approximate surface area is 712 Å². The molecule has 25 atom stereocenters. The summed E-state index contributed by atoms with van der Waals surface area (Å²) in [5.74, 6) is 0. The van der Waals surface area contributed by atoms with Crippen molar-refractivity contribution in [2.24, 2.45) is 0 Å². The lowest BCUT2D eigenvalue weighted by Gasteiger charge is -2.45. The zero-order valence-corrected chi connectivity index (χ0v) is 73.1. The van der Waals surface area contributed by atoms with Crippen molar-refractivity contribution in [3.05, 3.63) is 0 Å². The summed E-state index contributed by atoms with van der Waals surface area (Å²) in [7, 11) is -112. The highest BCUT2D eigenvalue weighted by atomic mass is 32.3. The minimum Gasteiger partial charge on any atom is -0.750 e. The minimum absolute atomic E-state index is 2.17. The largest absolute Gasteiger partial charge is 0.750 e. The van der Waals surface area contributed by atoms with E-state index < -0.39 is 375 Å². The zero-order valence-electron chi connectivity index (χ0n) is 58.4. The fourth-order valence-corrected chi connectivity index (χ4v) is 18.7. The second kappa shape index (κ2) is 43.5. The monoisotopic (exact) mass is 2250 g/mol. The molecule has 0 aromatic rings. The summed E-state index contributed by atoms with van der Waals surface area (Å²) in [5.41, 5.74) is 0. The summed E-state index contributed by atoms with van der Waals surface area (Å²) in [5, 5.41) is 0. The first-order valence-corrected chi connectivity index (χ1v) is 53.4. The topological polar surface area (TPSA) is 1200 Å². The predicted octanol–water partition coefficient (Wildman–Crippen LogP) is -15.4. The van der Waals surface area contributed by atoms with Crippen molar-refractivity contribution in [1.29, 1.82) is 0 Å². The second-order valence-electron chi connectivity index (χ2n) is 22.7. The lowest BCUT2D eigenvalue weighted by molar-refractivity contribution is -0.321. The standard InChI is InChI=1S/C30H54O79S18/c31-110(32)94-13(11(95-113(39,40)41)3-86-29-23(106-124(72,73)74)19(102-120(60,61)62)14(97-115(45,46)47)7(90-29)1-84-27-25(108-126(78,79)80)21(104-122(66,67)68)16(99-117(51,52)53)9(92-27)5-88-111(33,34)35)18(101-119(57,58)59)12(96-114(42,43)44)4-87-30-24(107-125(75,76)77)20(103-121(63,64)65)15(98-116(48,49)50)8(91-30)2-85-28-26(109-127(81,82)83)22(105-123(69,70)71)17(100-118(54,55)56)10(93-28)6-89-112(36,37)38/h7-30H,1-6H2,(H,31,32)(H,33,34,35)(H,36,37,38)(H,39,40,41)(H,42,43,44)(H,45,46,47)(H,48,49,50)(H,51,52,53)(H,54,55,56)(H,57,58,59)(H,60,61,62)(H,63,64,65)(H,66,67,68)(H,69,70,71)(H,72,73,74)(H,75,76,77)(H,78,79,80)(H,81,82,83)/p-1/t7-,8-,9-,10-,11-,12-,13-,14-,15-,16-,17-,18-,19+,20+,21+,22+,23-,24-,25-,26-,27-,28-,29-,30-/m1/s1. The van der Waals surface area contributed by atoms with Gasteiger partial charge in [-0.2, -0.15) is 143 Å². The molecule has 17 N–H and O–H groups in total. The zero-order chi connectivity index (χ0) is 98.6. The van der Waals surface area contributed by atoms with Crippen LogP contribution in [0.15, 0.2) is 0 Å². The summed E-state index contributed by atoms with van der Waals surface area (Å²) in [6, 6.07) is 0. The Kier molecular flexibility index (Phi) is 40.0. The summed E-state index contributed by atoms with van der Waals surface area (Å²) < 4.78 is 724. The van der Waals surface area contributed by atoms with Gasteiger partial charge in [-0.3, -0.25) is 81.6 Å². The van der Waals surface area contributed by atoms with Crippen LogP contribution in [0, 0.1) is 0 Å². The Morgan fingerprint density at radius 2 is 0.409 bits per heavy atom. The van der Waals surface area contributed by atoms with Crippen LogP contribution in [-0.4, -0.2) is 416 Å². The third-order valence-electron chi connectivity index (χ3n) is 13.6. The third-order valence-corrected chi connectivity index (χ3v) is 21.9. The average molecular weight is 2250 g/mol. The van der Waals surface area contributed by atoms with Crippen molar-refractivity contribution in [2.45, 2.75) is 147 Å². The Morgan fingerprint density at radius 3 is 0.598 bits per heavy atom. The molecule has 79 nitrogen and oxygen atoms in total. The molecule has 4 rings (SSSR count). The van der Waals surface area contributed by atoms with Crippen molar-refractivity contribution < 1.29 is 342 Å². The highest BCUT2D eigenvalue weighted by Crippen LogP contribution is 2.40. The highest BCUT2D eigenvalue weighted by Gasteiger charge is 2.61. The number of hydrogen-bond donors (Lipinski definition) is 17. The van der Waals surface area contributed by atoms with Crippen LogP contribution in [0.25, 0.3) is 0 Å². The first kappa shape index (κ1) is 117. The Morgan fingerprint density at radius 1 is 0.228 bits per heavy atom. The quantitative estimate of drug-likeness (QED) is 0.0199. The molecule has 4 aliphatic rings. The van der Waals surface area contributed by atoms with Crippen LogP contribution in [0.2, 0.25) is 0 Å². The number of rotatable bonds is 53. The number of hydrogen-bond acceptors (Lipinski definition) is 62. The first-order valence-electron chi connectivity index (χ1n) is 29.2. The van der Waals surface area contributed by atoms with Gasteiger partial charge in [-0.05, 0) is 0 Å². The van der Waals surface area contributed by atoms with Gasteiger partial charge in [0.25, 0.3) is 0 Å². The fraction of sp³-hybridized carbons (Fsp3) is 1.00. The van der Waals surface area contributed by atoms with Crippen molar-refractivity contribution in [2.75, 3.05) is 39.6 Å². The summed E-state index contributed by atoms with van der Waals surface area (Å²) in [6.07, 6.45) is -89.8. The molecule has 4 heterocycles. The average Bonchev–Trinajstić information content (AvgIpc) is 0.768. The van der Waals surface area contributed by atoms with Crippen molar-refractivity contribution in [3.63, 3.8) is 0 Å². The normalized spacial score (nSPS) is 29.9. The smallest absolute Gasteiger partial charge is 0.397 e. The van der Waals surface area contributed by atoms with E-state index >= 15 is 0 Å². The molecule has 4 fully saturated rings. The van der Waals surface area contributed by atoms with Gasteiger partial charge in [0.15, 0.2) is 49.6 Å². The first-order chi connectivity index (χ1) is 56.3. The highest BCUT2D eigenvalue weighted by molar-refractivity contribution is 7.84. The van der Waals surface area contributed by atoms with Crippen LogP contribution in [0.1, 0.15) is 0 Å². The van der Waals surface area contributed by atoms with Crippen LogP contribution in [0.3, 0.4) is 0 Å². The molecule has 0 spiro atoms. The Balaban J connectivity index is 2.13. The van der Waals surface area contributed by atoms with Crippen LogP contribution >= 0.6 is 0 Å². The van der Waals surface area contributed by atoms with Crippen LogP contribution < -0.4 is 0 Å². The molecule has 4 aliphatic heterocycles. The molecule has 0 aromatic heterocycles. The van der Waals surface area contributed by atoms with E-state index in [2.05, 4.69) is 75.3 Å². The molecule has 0 aliphatic carbocycles. The van der Waals surface area contributed by atoms with E-state index in [4.69, 9.17) is 37.9 Å². The van der Waals surface area contributed by atoms with Gasteiger partial charge in [-0.1, -0.05) is 0 Å². The second-order valence-corrected chi connectivity index (χ2v) is 41.2. The van der Waals surface area contributed by atoms with Gasteiger partial charge in [-0.15, -0.1) is 0 Å². The maximum Gasteiger partial charge on any atom is 0.397 e. The predicted molar refractivity (Wildman–Crippen MR) is 354 cm³/mol. The molecule has 0 amide bonds. The molecule has 4 saturated heterocycles. The molecule has 0 saturated carbocycles. The fourth-order valence-electron chi connectivity index (χ4n) is 10.2. The van der Waals surface area contributed by atoms with E-state index in [1.54, 1.807) is 0 Å². The minimum atomic E-state index is -7.05. The van der Waals surface area contributed by atoms with Crippen molar-refractivity contribution in [1.82, 2.24) is 0 Å². The third kappa shape index (κ3) is 45.4. The van der Waals surface area contributed by atoms with Crippen LogP contribution in [0.4, 0.5) is 0 Å². The Hall–Kier alpha value is -2.46. The Bertz CT molecular complexity index is 5930. The van der Waals surface area contributed by atoms with E-state index in [1.807, 2.05) is 0 Å². The van der Waals surface area contributed by atoms with Gasteiger partial charge in [-0.25, -0.2) is 75.3 Å². The van der Waals surface area contributed by atoms with Gasteiger partial charge >= 0.3 is 177 Å². The van der Waals surface area contributed by atoms with Gasteiger partial charge in [0.2, 0.25) is 0 Å². The maximum atomic E-state index is 12.8. The van der Waals surface area contributed by atoms with Crippen molar-refractivity contribution >= 4 is 188 Å². The van der Waals surface area contributed by atoms with E-state index in [1.165, 1.54) is 0 Å². The molecule has 756 valence electrons. The molecule has 0 bridgehead atoms. The summed E-state index contributed by atoms with van der Waals surface area (Å²) in [6.45, 7) is -14.9.